The normalized spacial score (nSPS) is 22.5. The maximum absolute atomic E-state index is 13.7. The number of carbonyl (C=O) groups is 1. The third kappa shape index (κ3) is 3.17. The van der Waals surface area contributed by atoms with Crippen LogP contribution in [0, 0.1) is 5.82 Å². The maximum Gasteiger partial charge on any atom is 0.253 e. The second-order valence-corrected chi connectivity index (χ2v) is 5.35. The molecule has 1 aliphatic rings. The molecule has 0 radical (unpaired) electrons. The Balaban J connectivity index is 2.05. The van der Waals surface area contributed by atoms with Crippen LogP contribution in [0.2, 0.25) is 10.0 Å². The lowest BCUT2D eigenvalue weighted by atomic mass is 10.0. The van der Waals surface area contributed by atoms with Crippen molar-refractivity contribution in [2.24, 2.45) is 0 Å². The molecule has 1 fully saturated rings. The Morgan fingerprint density at radius 3 is 2.89 bits per heavy atom. The molecule has 1 atom stereocenters. The molecule has 0 saturated carbocycles. The molecule has 1 saturated heterocycles. The fourth-order valence-corrected chi connectivity index (χ4v) is 2.49. The Kier molecular flexibility index (Phi) is 4.30. The van der Waals surface area contributed by atoms with Gasteiger partial charge in [-0.3, -0.25) is 4.79 Å². The molecule has 3 N–H and O–H groups in total. The minimum absolute atomic E-state index is 0.0761. The molecule has 19 heavy (non-hydrogen) atoms. The van der Waals surface area contributed by atoms with E-state index in [1.54, 1.807) is 0 Å². The van der Waals surface area contributed by atoms with Crippen LogP contribution in [0.15, 0.2) is 12.1 Å². The number of nitrogens with one attached hydrogen (secondary N) is 2. The Labute approximate surface area is 119 Å². The molecule has 1 aromatic carbocycles. The number of rotatable bonds is 3. The highest BCUT2D eigenvalue weighted by Crippen LogP contribution is 2.24. The Hall–Kier alpha value is -0.880. The molecule has 1 amide bonds. The second-order valence-electron chi connectivity index (χ2n) is 4.50. The third-order valence-corrected chi connectivity index (χ3v) is 3.56. The van der Waals surface area contributed by atoms with Gasteiger partial charge < -0.3 is 15.7 Å². The van der Waals surface area contributed by atoms with Gasteiger partial charge in [0.05, 0.1) is 5.02 Å². The van der Waals surface area contributed by atoms with Gasteiger partial charge in [0.1, 0.15) is 5.82 Å². The van der Waals surface area contributed by atoms with Crippen molar-refractivity contribution >= 4 is 29.1 Å². The highest BCUT2D eigenvalue weighted by Gasteiger charge is 2.38. The molecule has 0 bridgehead atoms. The van der Waals surface area contributed by atoms with E-state index in [0.717, 1.165) is 0 Å². The predicted octanol–water partition coefficient (Wildman–Crippen LogP) is 1.47. The van der Waals surface area contributed by atoms with Gasteiger partial charge in [-0.25, -0.2) is 4.39 Å². The quantitative estimate of drug-likeness (QED) is 0.741. The summed E-state index contributed by atoms with van der Waals surface area (Å²) in [6.07, 6.45) is 0.331. The van der Waals surface area contributed by atoms with Crippen LogP contribution in [-0.4, -0.2) is 29.7 Å². The van der Waals surface area contributed by atoms with Crippen LogP contribution in [0.4, 0.5) is 4.39 Å². The fraction of sp³-hybridized carbons (Fsp3) is 0.417. The first-order chi connectivity index (χ1) is 8.92. The average molecular weight is 307 g/mol. The third-order valence-electron chi connectivity index (χ3n) is 3.06. The zero-order chi connectivity index (χ0) is 14.0. The van der Waals surface area contributed by atoms with Gasteiger partial charge >= 0.3 is 0 Å². The van der Waals surface area contributed by atoms with E-state index in [-0.39, 0.29) is 28.7 Å². The summed E-state index contributed by atoms with van der Waals surface area (Å²) >= 11 is 11.4. The Morgan fingerprint density at radius 2 is 2.26 bits per heavy atom. The number of carbonyl (C=O) groups excluding carboxylic acids is 1. The van der Waals surface area contributed by atoms with Gasteiger partial charge in [0.25, 0.3) is 5.91 Å². The molecule has 4 nitrogen and oxygen atoms in total. The van der Waals surface area contributed by atoms with Crippen LogP contribution in [-0.2, 0) is 11.3 Å². The monoisotopic (exact) mass is 306 g/mol. The van der Waals surface area contributed by atoms with E-state index >= 15 is 0 Å². The molecule has 7 heteroatoms. The summed E-state index contributed by atoms with van der Waals surface area (Å²) in [5.41, 5.74) is -1.25. The first-order valence-electron chi connectivity index (χ1n) is 5.77. The minimum atomic E-state index is -1.43. The van der Waals surface area contributed by atoms with Crippen LogP contribution in [0.5, 0.6) is 0 Å². The molecule has 104 valence electrons. The van der Waals surface area contributed by atoms with Gasteiger partial charge in [-0.15, -0.1) is 0 Å². The van der Waals surface area contributed by atoms with E-state index < -0.39 is 17.3 Å². The molecule has 1 heterocycles. The summed E-state index contributed by atoms with van der Waals surface area (Å²) in [4.78, 5) is 11.8. The van der Waals surface area contributed by atoms with E-state index in [2.05, 4.69) is 10.6 Å². The van der Waals surface area contributed by atoms with Crippen molar-refractivity contribution in [3.8, 4) is 0 Å². The van der Waals surface area contributed by atoms with E-state index in [0.29, 0.717) is 13.0 Å². The number of hydrogen-bond acceptors (Lipinski definition) is 3. The highest BCUT2D eigenvalue weighted by molar-refractivity contribution is 6.34. The predicted molar refractivity (Wildman–Crippen MR) is 70.7 cm³/mol. The second kappa shape index (κ2) is 5.63. The van der Waals surface area contributed by atoms with Gasteiger partial charge in [-0.1, -0.05) is 23.2 Å². The van der Waals surface area contributed by atoms with E-state index in [1.807, 2.05) is 0 Å². The van der Waals surface area contributed by atoms with Crippen molar-refractivity contribution in [2.75, 3.05) is 13.1 Å². The van der Waals surface area contributed by atoms with Crippen LogP contribution in [0.3, 0.4) is 0 Å². The van der Waals surface area contributed by atoms with E-state index in [9.17, 15) is 14.3 Å². The van der Waals surface area contributed by atoms with Crippen LogP contribution >= 0.6 is 23.2 Å². The smallest absolute Gasteiger partial charge is 0.253 e. The molecular formula is C12H13Cl2FN2O2. The molecule has 2 rings (SSSR count). The molecule has 0 aliphatic carbocycles. The van der Waals surface area contributed by atoms with Gasteiger partial charge in [0, 0.05) is 23.7 Å². The van der Waals surface area contributed by atoms with Gasteiger partial charge in [-0.2, -0.15) is 0 Å². The van der Waals surface area contributed by atoms with Crippen LogP contribution in [0.25, 0.3) is 0 Å². The summed E-state index contributed by atoms with van der Waals surface area (Å²) in [6, 6.07) is 2.68. The van der Waals surface area contributed by atoms with Crippen molar-refractivity contribution in [3.05, 3.63) is 33.6 Å². The van der Waals surface area contributed by atoms with Crippen molar-refractivity contribution in [2.45, 2.75) is 18.6 Å². The van der Waals surface area contributed by atoms with Gasteiger partial charge in [-0.05, 0) is 25.1 Å². The summed E-state index contributed by atoms with van der Waals surface area (Å²) in [7, 11) is 0. The first kappa shape index (κ1) is 14.5. The number of halogens is 3. The van der Waals surface area contributed by atoms with Gasteiger partial charge in [0.15, 0.2) is 5.60 Å². The molecule has 1 aliphatic heterocycles. The maximum atomic E-state index is 13.7. The van der Waals surface area contributed by atoms with E-state index in [4.69, 9.17) is 23.2 Å². The lowest BCUT2D eigenvalue weighted by molar-refractivity contribution is -0.138. The summed E-state index contributed by atoms with van der Waals surface area (Å²) < 4.78 is 13.7. The van der Waals surface area contributed by atoms with E-state index in [1.165, 1.54) is 12.1 Å². The van der Waals surface area contributed by atoms with Crippen molar-refractivity contribution in [1.29, 1.82) is 0 Å². The van der Waals surface area contributed by atoms with Crippen LogP contribution < -0.4 is 10.6 Å². The minimum Gasteiger partial charge on any atom is -0.379 e. The Morgan fingerprint density at radius 1 is 1.53 bits per heavy atom. The lowest BCUT2D eigenvalue weighted by Crippen LogP contribution is -2.48. The average Bonchev–Trinajstić information content (AvgIpc) is 2.80. The molecule has 0 spiro atoms. The number of amides is 1. The van der Waals surface area contributed by atoms with Crippen LogP contribution in [0.1, 0.15) is 12.0 Å². The largest absolute Gasteiger partial charge is 0.379 e. The summed E-state index contributed by atoms with van der Waals surface area (Å²) in [5, 5.41) is 15.6. The van der Waals surface area contributed by atoms with Crippen molar-refractivity contribution < 1.29 is 14.3 Å². The lowest BCUT2D eigenvalue weighted by Gasteiger charge is -2.20. The first-order valence-corrected chi connectivity index (χ1v) is 6.53. The van der Waals surface area contributed by atoms with Gasteiger partial charge in [0.2, 0.25) is 0 Å². The summed E-state index contributed by atoms with van der Waals surface area (Å²) in [6.45, 7) is 0.687. The number of aliphatic hydroxyl groups is 1. The topological polar surface area (TPSA) is 61.4 Å². The molecule has 1 unspecified atom stereocenters. The highest BCUT2D eigenvalue weighted by atomic mass is 35.5. The molecular weight excluding hydrogens is 294 g/mol. The van der Waals surface area contributed by atoms with Crippen molar-refractivity contribution in [1.82, 2.24) is 10.6 Å². The standard InChI is InChI=1S/C12H13Cl2FN2O2/c13-8-3-7(10(15)9(14)4-8)5-17-11(18)12(19)1-2-16-6-12/h3-4,16,19H,1-2,5-6H2,(H,17,18). The zero-order valence-corrected chi connectivity index (χ0v) is 11.5. The Bertz CT molecular complexity index is 505. The fourth-order valence-electron chi connectivity index (χ4n) is 1.95. The summed E-state index contributed by atoms with van der Waals surface area (Å²) in [5.74, 6) is -1.16. The molecule has 1 aromatic rings. The number of benzene rings is 1. The number of hydrogen-bond donors (Lipinski definition) is 3. The zero-order valence-electron chi connectivity index (χ0n) is 9.97. The number of β-amino-alcohol motifs (C(OH)–C–C–N with tert-alkyl or cyclic N) is 1. The SMILES string of the molecule is O=C(NCc1cc(Cl)cc(Cl)c1F)C1(O)CCNC1. The molecule has 0 aromatic heterocycles. The van der Waals surface area contributed by atoms with Crippen molar-refractivity contribution in [3.63, 3.8) is 0 Å².